The molecule has 62 heavy (non-hydrogen) atoms. The summed E-state index contributed by atoms with van der Waals surface area (Å²) in [7, 11) is 0. The van der Waals surface area contributed by atoms with Gasteiger partial charge in [0.2, 0.25) is 0 Å². The van der Waals surface area contributed by atoms with Gasteiger partial charge in [-0.15, -0.1) is 59.9 Å². The van der Waals surface area contributed by atoms with Gasteiger partial charge in [0.15, 0.2) is 0 Å². The van der Waals surface area contributed by atoms with Gasteiger partial charge in [-0.2, -0.15) is 59.7 Å². The molecule has 0 nitrogen and oxygen atoms in total. The van der Waals surface area contributed by atoms with Gasteiger partial charge in [-0.25, -0.2) is 24.3 Å². The van der Waals surface area contributed by atoms with E-state index in [0.29, 0.717) is 0 Å². The van der Waals surface area contributed by atoms with E-state index in [9.17, 15) is 0 Å². The van der Waals surface area contributed by atoms with Gasteiger partial charge in [0, 0.05) is 0 Å². The van der Waals surface area contributed by atoms with Crippen LogP contribution in [0.1, 0.15) is 140 Å². The van der Waals surface area contributed by atoms with Crippen molar-refractivity contribution in [2.24, 2.45) is 0 Å². The maximum absolute atomic E-state index is 3.67. The molecule has 0 amide bonds. The second kappa shape index (κ2) is 26.1. The normalized spacial score (nSPS) is 13.2. The van der Waals surface area contributed by atoms with E-state index < -0.39 is 0 Å². The minimum absolute atomic E-state index is 0. The summed E-state index contributed by atoms with van der Waals surface area (Å²) >= 11 is 2.90. The smallest absolute Gasteiger partial charge is 0.109 e. The van der Waals surface area contributed by atoms with Gasteiger partial charge in [0.05, 0.1) is 0 Å². The van der Waals surface area contributed by atoms with Gasteiger partial charge < -0.3 is 0 Å². The monoisotopic (exact) mass is 1230 g/mol. The Hall–Kier alpha value is -1.41. The quantitative estimate of drug-likeness (QED) is 0.105. The summed E-state index contributed by atoms with van der Waals surface area (Å²) in [6.07, 6.45) is 22.1. The number of halogens is 2. The zero-order valence-electron chi connectivity index (χ0n) is 40.9. The third-order valence-electron chi connectivity index (χ3n) is 10.1. The minimum atomic E-state index is 0. The second-order valence-corrected chi connectivity index (χ2v) is 46.2. The SMILES string of the molecule is CC(C)(C)c1[c-]c2c(cc1)-c1ccc(C(C)(C)C)cc1C2.CC(C)(C)c1[c-]c2c(cc1)-c1ccc(C(C)(C)C)cc1C2.C[Si](C)=[Hf+2].C[Si](C)=[Hf+2].Cl.Cl.[C-]1=CC=CC1.[C-]1=CC=CC1. The molecule has 6 heteroatoms. The number of hydrogen-bond donors (Lipinski definition) is 0. The van der Waals surface area contributed by atoms with Crippen molar-refractivity contribution in [3.8, 4) is 22.3 Å². The predicted molar refractivity (Wildman–Crippen MR) is 274 cm³/mol. The molecular formula is C56H74Cl2Hf2Si2. The Morgan fingerprint density at radius 1 is 0.452 bits per heavy atom. The molecule has 0 spiro atoms. The standard InChI is InChI=1S/2C21H25.2C5H5.2C2H6Si.2ClH.2Hf/c2*1-20(2,3)16-7-9-18-14(12-16)11-15-13-17(21(4,5)6)8-10-19(15)18;2*1-2-4-5-3-1;2*1-3-2;;;;/h2*7-10,12H,11H2,1-6H3;2*1-3H,4H2;2*1-2H3;2*1H;;/q4*-1;;;;;2*+2. The van der Waals surface area contributed by atoms with Crippen LogP contribution in [0, 0.1) is 24.3 Å². The Bertz CT molecular complexity index is 1920. The van der Waals surface area contributed by atoms with E-state index in [1.54, 1.807) is 0 Å². The first-order valence-electron chi connectivity index (χ1n) is 21.6. The molecule has 0 bridgehead atoms. The van der Waals surface area contributed by atoms with E-state index in [1.807, 2.05) is 24.3 Å². The second-order valence-electron chi connectivity index (χ2n) is 20.6. The molecule has 0 saturated heterocycles. The third kappa shape index (κ3) is 19.2. The first-order chi connectivity index (χ1) is 27.8. The van der Waals surface area contributed by atoms with Gasteiger partial charge in [-0.05, 0) is 56.8 Å². The van der Waals surface area contributed by atoms with Crippen molar-refractivity contribution in [3.63, 3.8) is 0 Å². The zero-order valence-corrected chi connectivity index (χ0v) is 51.7. The molecule has 0 atom stereocenters. The molecule has 4 aliphatic rings. The average Bonchev–Trinajstić information content (AvgIpc) is 3.97. The maximum Gasteiger partial charge on any atom is -0.109 e. The first kappa shape index (κ1) is 58.6. The van der Waals surface area contributed by atoms with Crippen LogP contribution in [0.2, 0.25) is 26.2 Å². The van der Waals surface area contributed by atoms with Crippen LogP contribution in [0.15, 0.2) is 97.1 Å². The molecule has 4 aliphatic carbocycles. The van der Waals surface area contributed by atoms with Gasteiger partial charge >= 0.3 is 83.2 Å². The number of rotatable bonds is 0. The summed E-state index contributed by atoms with van der Waals surface area (Å²) in [5, 5.41) is 0. The van der Waals surface area contributed by atoms with Crippen molar-refractivity contribution in [1.29, 1.82) is 0 Å². The van der Waals surface area contributed by atoms with Crippen molar-refractivity contribution in [3.05, 3.63) is 166 Å². The van der Waals surface area contributed by atoms with E-state index in [0.717, 1.165) is 25.7 Å². The van der Waals surface area contributed by atoms with Crippen molar-refractivity contribution in [1.82, 2.24) is 0 Å². The van der Waals surface area contributed by atoms with Crippen LogP contribution < -0.4 is 0 Å². The maximum atomic E-state index is 3.67. The van der Waals surface area contributed by atoms with Crippen LogP contribution in [0.25, 0.3) is 22.3 Å². The molecule has 0 heterocycles. The first-order valence-corrected chi connectivity index (χ1v) is 37.4. The number of fused-ring (bicyclic) bond motifs is 6. The predicted octanol–water partition coefficient (Wildman–Crippen LogP) is 16.3. The minimum Gasteiger partial charge on any atom is -0.273 e. The molecule has 8 rings (SSSR count). The number of hydrogen-bond acceptors (Lipinski definition) is 0. The fraction of sp³-hybridized carbons (Fsp3) is 0.429. The molecule has 0 radical (unpaired) electrons. The molecule has 0 N–H and O–H groups in total. The summed E-state index contributed by atoms with van der Waals surface area (Å²) in [6, 6.07) is 30.3. The Kier molecular flexibility index (Phi) is 24.6. The largest absolute Gasteiger partial charge is 0.273 e. The fourth-order valence-corrected chi connectivity index (χ4v) is 6.74. The third-order valence-corrected chi connectivity index (χ3v) is 10.1. The molecule has 0 aromatic heterocycles. The van der Waals surface area contributed by atoms with E-state index in [-0.39, 0.29) is 57.5 Å². The Balaban J connectivity index is 0.000000434. The molecule has 0 fully saturated rings. The molecule has 0 aliphatic heterocycles. The van der Waals surface area contributed by atoms with E-state index >= 15 is 0 Å². The van der Waals surface area contributed by atoms with Crippen LogP contribution in [-0.4, -0.2) is 11.0 Å². The van der Waals surface area contributed by atoms with Crippen LogP contribution >= 0.6 is 24.8 Å². The summed E-state index contributed by atoms with van der Waals surface area (Å²) in [4.78, 5) is 0. The van der Waals surface area contributed by atoms with E-state index in [1.165, 1.54) is 113 Å². The van der Waals surface area contributed by atoms with Crippen LogP contribution in [0.4, 0.5) is 0 Å². The van der Waals surface area contributed by atoms with Gasteiger partial charge in [-0.1, -0.05) is 131 Å². The molecule has 328 valence electrons. The van der Waals surface area contributed by atoms with Crippen LogP contribution in [0.5, 0.6) is 0 Å². The molecule has 0 unspecified atom stereocenters. The Morgan fingerprint density at radius 3 is 0.984 bits per heavy atom. The Morgan fingerprint density at radius 2 is 0.758 bits per heavy atom. The molecule has 4 aromatic carbocycles. The Labute approximate surface area is 422 Å². The van der Waals surface area contributed by atoms with Gasteiger partial charge in [0.1, 0.15) is 0 Å². The average molecular weight is 1230 g/mol. The van der Waals surface area contributed by atoms with Crippen molar-refractivity contribution >= 4 is 35.8 Å². The topological polar surface area (TPSA) is 0 Å². The van der Waals surface area contributed by atoms with Gasteiger partial charge in [0.25, 0.3) is 0 Å². The molecular weight excluding hydrogens is 1160 g/mol. The van der Waals surface area contributed by atoms with Crippen LogP contribution in [0.3, 0.4) is 0 Å². The van der Waals surface area contributed by atoms with Gasteiger partial charge in [-0.3, -0.25) is 12.2 Å². The van der Waals surface area contributed by atoms with Crippen LogP contribution in [-0.2, 0) is 80.5 Å². The summed E-state index contributed by atoms with van der Waals surface area (Å²) in [6.45, 7) is 36.5. The molecule has 0 saturated carbocycles. The molecule has 4 aromatic rings. The van der Waals surface area contributed by atoms with E-state index in [2.05, 4.69) is 206 Å². The van der Waals surface area contributed by atoms with Crippen molar-refractivity contribution in [2.45, 2.75) is 157 Å². The van der Waals surface area contributed by atoms with Crippen molar-refractivity contribution in [2.75, 3.05) is 0 Å². The summed E-state index contributed by atoms with van der Waals surface area (Å²) in [5.74, 6) is 0. The van der Waals surface area contributed by atoms with Crippen molar-refractivity contribution < 1.29 is 46.0 Å². The summed E-state index contributed by atoms with van der Waals surface area (Å²) < 4.78 is 0. The summed E-state index contributed by atoms with van der Waals surface area (Å²) in [5.41, 5.74) is 17.9. The number of allylic oxidation sites excluding steroid dienone is 8. The fourth-order valence-electron chi connectivity index (χ4n) is 6.74. The zero-order chi connectivity index (χ0) is 45.1. The number of benzene rings is 4. The van der Waals surface area contributed by atoms with E-state index in [4.69, 9.17) is 0 Å².